The number of rotatable bonds is 7. The molecule has 0 bridgehead atoms. The van der Waals surface area contributed by atoms with E-state index < -0.39 is 21.8 Å². The van der Waals surface area contributed by atoms with E-state index in [2.05, 4.69) is 4.72 Å². The summed E-state index contributed by atoms with van der Waals surface area (Å²) in [6, 6.07) is 12.3. The van der Waals surface area contributed by atoms with Crippen LogP contribution in [-0.4, -0.2) is 20.9 Å². The van der Waals surface area contributed by atoms with Gasteiger partial charge in [0.25, 0.3) is 0 Å². The zero-order chi connectivity index (χ0) is 17.6. The second-order valence-electron chi connectivity index (χ2n) is 5.21. The lowest BCUT2D eigenvalue weighted by Gasteiger charge is -2.08. The van der Waals surface area contributed by atoms with Crippen molar-refractivity contribution < 1.29 is 22.3 Å². The predicted octanol–water partition coefficient (Wildman–Crippen LogP) is 2.55. The van der Waals surface area contributed by atoms with Gasteiger partial charge in [0.1, 0.15) is 12.4 Å². The SMILES string of the molecule is Cc1ccc(S(=O)(=O)NCCC(=O)OCc2ccccc2F)cc1. The highest BCUT2D eigenvalue weighted by molar-refractivity contribution is 7.89. The maximum atomic E-state index is 13.4. The van der Waals surface area contributed by atoms with Crippen molar-refractivity contribution in [2.45, 2.75) is 24.8 Å². The van der Waals surface area contributed by atoms with E-state index in [0.717, 1.165) is 5.56 Å². The lowest BCUT2D eigenvalue weighted by atomic mass is 10.2. The highest BCUT2D eigenvalue weighted by atomic mass is 32.2. The Morgan fingerprint density at radius 2 is 1.79 bits per heavy atom. The summed E-state index contributed by atoms with van der Waals surface area (Å²) in [5.74, 6) is -1.06. The Kier molecular flexibility index (Phi) is 6.05. The molecule has 1 N–H and O–H groups in total. The molecule has 0 unspecified atom stereocenters. The molecule has 0 aliphatic heterocycles. The first kappa shape index (κ1) is 18.1. The van der Waals surface area contributed by atoms with Gasteiger partial charge in [-0.15, -0.1) is 0 Å². The Balaban J connectivity index is 1.80. The molecule has 128 valence electrons. The van der Waals surface area contributed by atoms with Gasteiger partial charge in [-0.2, -0.15) is 0 Å². The summed E-state index contributed by atoms with van der Waals surface area (Å²) >= 11 is 0. The number of hydrogen-bond acceptors (Lipinski definition) is 4. The van der Waals surface area contributed by atoms with E-state index >= 15 is 0 Å². The van der Waals surface area contributed by atoms with E-state index in [1.165, 1.54) is 24.3 Å². The summed E-state index contributed by atoms with van der Waals surface area (Å²) in [6.07, 6.45) is -0.139. The number of sulfonamides is 1. The Morgan fingerprint density at radius 3 is 2.46 bits per heavy atom. The van der Waals surface area contributed by atoms with Crippen molar-refractivity contribution in [3.05, 3.63) is 65.5 Å². The first-order valence-electron chi connectivity index (χ1n) is 7.34. The van der Waals surface area contributed by atoms with Gasteiger partial charge in [-0.25, -0.2) is 17.5 Å². The number of benzene rings is 2. The average molecular weight is 351 g/mol. The first-order chi connectivity index (χ1) is 11.4. The Bertz CT molecular complexity index is 804. The van der Waals surface area contributed by atoms with Crippen LogP contribution in [-0.2, 0) is 26.2 Å². The quantitative estimate of drug-likeness (QED) is 0.778. The second kappa shape index (κ2) is 8.03. The minimum absolute atomic E-state index is 0.0910. The van der Waals surface area contributed by atoms with Crippen LogP contribution in [0.5, 0.6) is 0 Å². The number of hydrogen-bond donors (Lipinski definition) is 1. The topological polar surface area (TPSA) is 72.5 Å². The number of nitrogens with one attached hydrogen (secondary N) is 1. The maximum absolute atomic E-state index is 13.4. The van der Waals surface area contributed by atoms with Gasteiger partial charge in [-0.05, 0) is 25.1 Å². The van der Waals surface area contributed by atoms with Crippen molar-refractivity contribution >= 4 is 16.0 Å². The van der Waals surface area contributed by atoms with Gasteiger partial charge < -0.3 is 4.74 Å². The van der Waals surface area contributed by atoms with Gasteiger partial charge in [0.05, 0.1) is 11.3 Å². The highest BCUT2D eigenvalue weighted by Gasteiger charge is 2.14. The maximum Gasteiger partial charge on any atom is 0.307 e. The zero-order valence-electron chi connectivity index (χ0n) is 13.2. The fourth-order valence-corrected chi connectivity index (χ4v) is 2.97. The van der Waals surface area contributed by atoms with Crippen molar-refractivity contribution in [2.75, 3.05) is 6.54 Å². The summed E-state index contributed by atoms with van der Waals surface area (Å²) in [5, 5.41) is 0. The standard InChI is InChI=1S/C17H18FNO4S/c1-13-6-8-15(9-7-13)24(21,22)19-11-10-17(20)23-12-14-4-2-3-5-16(14)18/h2-9,19H,10-12H2,1H3. The third-order valence-corrected chi connectivity index (χ3v) is 4.78. The Hall–Kier alpha value is -2.25. The number of carbonyl (C=O) groups excluding carboxylic acids is 1. The molecule has 5 nitrogen and oxygen atoms in total. The van der Waals surface area contributed by atoms with E-state index in [4.69, 9.17) is 4.74 Å². The first-order valence-corrected chi connectivity index (χ1v) is 8.82. The molecule has 0 aromatic heterocycles. The fraction of sp³-hybridized carbons (Fsp3) is 0.235. The van der Waals surface area contributed by atoms with E-state index in [-0.39, 0.29) is 30.0 Å². The molecule has 0 heterocycles. The predicted molar refractivity (Wildman–Crippen MR) is 87.2 cm³/mol. The van der Waals surface area contributed by atoms with E-state index in [0.29, 0.717) is 0 Å². The molecule has 2 rings (SSSR count). The van der Waals surface area contributed by atoms with Crippen molar-refractivity contribution in [2.24, 2.45) is 0 Å². The molecule has 0 aliphatic carbocycles. The number of esters is 1. The van der Waals surface area contributed by atoms with Gasteiger partial charge in [-0.3, -0.25) is 4.79 Å². The monoisotopic (exact) mass is 351 g/mol. The summed E-state index contributed by atoms with van der Waals surface area (Å²) < 4.78 is 44.7. The molecular weight excluding hydrogens is 333 g/mol. The Labute approximate surface area is 140 Å². The largest absolute Gasteiger partial charge is 0.461 e. The van der Waals surface area contributed by atoms with Crippen LogP contribution in [0.3, 0.4) is 0 Å². The molecule has 0 saturated carbocycles. The summed E-state index contributed by atoms with van der Waals surface area (Å²) in [6.45, 7) is 1.58. The summed E-state index contributed by atoms with van der Waals surface area (Å²) in [4.78, 5) is 11.7. The van der Waals surface area contributed by atoms with Crippen LogP contribution in [0, 0.1) is 12.7 Å². The molecule has 0 fully saturated rings. The van der Waals surface area contributed by atoms with Gasteiger partial charge in [0.15, 0.2) is 0 Å². The van der Waals surface area contributed by atoms with Crippen LogP contribution in [0.1, 0.15) is 17.5 Å². The molecule has 0 spiro atoms. The molecule has 7 heteroatoms. The van der Waals surface area contributed by atoms with Crippen LogP contribution in [0.2, 0.25) is 0 Å². The number of carbonyl (C=O) groups is 1. The molecule has 0 amide bonds. The van der Waals surface area contributed by atoms with E-state index in [9.17, 15) is 17.6 Å². The Morgan fingerprint density at radius 1 is 1.12 bits per heavy atom. The van der Waals surface area contributed by atoms with Crippen molar-refractivity contribution in [3.63, 3.8) is 0 Å². The normalized spacial score (nSPS) is 11.2. The van der Waals surface area contributed by atoms with Gasteiger partial charge in [-0.1, -0.05) is 35.9 Å². The molecule has 2 aromatic rings. The van der Waals surface area contributed by atoms with Gasteiger partial charge in [0.2, 0.25) is 10.0 Å². The number of halogens is 1. The minimum Gasteiger partial charge on any atom is -0.461 e. The summed E-state index contributed by atoms with van der Waals surface area (Å²) in [5.41, 5.74) is 1.22. The van der Waals surface area contributed by atoms with Crippen molar-refractivity contribution in [1.29, 1.82) is 0 Å². The average Bonchev–Trinajstić information content (AvgIpc) is 2.54. The van der Waals surface area contributed by atoms with Crippen LogP contribution in [0.4, 0.5) is 4.39 Å². The molecule has 0 atom stereocenters. The van der Waals surface area contributed by atoms with Crippen LogP contribution in [0.15, 0.2) is 53.4 Å². The third kappa shape index (κ3) is 5.14. The van der Waals surface area contributed by atoms with Gasteiger partial charge in [0, 0.05) is 12.1 Å². The number of aryl methyl sites for hydroxylation is 1. The van der Waals surface area contributed by atoms with Crippen molar-refractivity contribution in [1.82, 2.24) is 4.72 Å². The lowest BCUT2D eigenvalue weighted by molar-refractivity contribution is -0.144. The molecular formula is C17H18FNO4S. The van der Waals surface area contributed by atoms with E-state index in [1.807, 2.05) is 6.92 Å². The fourth-order valence-electron chi connectivity index (χ4n) is 1.93. The number of ether oxygens (including phenoxy) is 1. The minimum atomic E-state index is -3.66. The zero-order valence-corrected chi connectivity index (χ0v) is 14.0. The molecule has 24 heavy (non-hydrogen) atoms. The van der Waals surface area contributed by atoms with Gasteiger partial charge >= 0.3 is 5.97 Å². The summed E-state index contributed by atoms with van der Waals surface area (Å²) in [7, 11) is -3.66. The van der Waals surface area contributed by atoms with Crippen LogP contribution >= 0.6 is 0 Å². The highest BCUT2D eigenvalue weighted by Crippen LogP contribution is 2.10. The molecule has 0 saturated heterocycles. The molecule has 0 radical (unpaired) electrons. The molecule has 2 aromatic carbocycles. The lowest BCUT2D eigenvalue weighted by Crippen LogP contribution is -2.26. The van der Waals surface area contributed by atoms with E-state index in [1.54, 1.807) is 24.3 Å². The third-order valence-electron chi connectivity index (χ3n) is 3.30. The smallest absolute Gasteiger partial charge is 0.307 e. The molecule has 0 aliphatic rings. The second-order valence-corrected chi connectivity index (χ2v) is 6.98. The van der Waals surface area contributed by atoms with Crippen LogP contribution in [0.25, 0.3) is 0 Å². The van der Waals surface area contributed by atoms with Crippen molar-refractivity contribution in [3.8, 4) is 0 Å². The van der Waals surface area contributed by atoms with Crippen LogP contribution < -0.4 is 4.72 Å².